The van der Waals surface area contributed by atoms with Crippen LogP contribution in [-0.4, -0.2) is 59.7 Å². The molecule has 1 aromatic carbocycles. The fraction of sp³-hybridized carbons (Fsp3) is 0.227. The number of rotatable bonds is 7. The molecule has 2 heterocycles. The Bertz CT molecular complexity index is 1140. The third-order valence-electron chi connectivity index (χ3n) is 4.96. The number of Topliss-reactive ketones (excluding diaryl/α,β-unsaturated/α-hetero) is 1. The van der Waals surface area contributed by atoms with Gasteiger partial charge in [-0.05, 0) is 37.6 Å². The van der Waals surface area contributed by atoms with Crippen molar-refractivity contribution in [1.29, 1.82) is 0 Å². The fourth-order valence-corrected chi connectivity index (χ4v) is 3.44. The minimum absolute atomic E-state index is 0.0304. The normalized spacial score (nSPS) is 12.5. The van der Waals surface area contributed by atoms with E-state index in [-0.39, 0.29) is 34.5 Å². The lowest BCUT2D eigenvalue weighted by molar-refractivity contribution is 0.0473. The molecule has 160 valence electrons. The first-order chi connectivity index (χ1) is 14.7. The lowest BCUT2D eigenvalue weighted by Gasteiger charge is -2.09. The summed E-state index contributed by atoms with van der Waals surface area (Å²) in [5, 5.41) is 0. The van der Waals surface area contributed by atoms with Crippen LogP contribution in [0.15, 0.2) is 30.9 Å². The number of hydrogen-bond donors (Lipinski definition) is 1. The summed E-state index contributed by atoms with van der Waals surface area (Å²) < 4.78 is 9.79. The molecule has 0 bridgehead atoms. The maximum absolute atomic E-state index is 12.5. The molecule has 1 aliphatic rings. The number of ketones is 1. The quantitative estimate of drug-likeness (QED) is 0.313. The van der Waals surface area contributed by atoms with E-state index in [1.165, 1.54) is 31.4 Å². The number of carbonyl (C=O) groups excluding carboxylic acids is 5. The largest absolute Gasteiger partial charge is 0.465 e. The van der Waals surface area contributed by atoms with Gasteiger partial charge in [-0.25, -0.2) is 9.59 Å². The van der Waals surface area contributed by atoms with E-state index in [0.29, 0.717) is 11.3 Å². The first-order valence-corrected chi connectivity index (χ1v) is 9.30. The molecule has 1 aliphatic heterocycles. The van der Waals surface area contributed by atoms with Gasteiger partial charge < -0.3 is 14.5 Å². The number of methoxy groups -OCH3 is 1. The van der Waals surface area contributed by atoms with Gasteiger partial charge >= 0.3 is 11.9 Å². The van der Waals surface area contributed by atoms with E-state index in [4.69, 9.17) is 9.47 Å². The molecule has 9 nitrogen and oxygen atoms in total. The number of H-pyrrole nitrogens is 1. The lowest BCUT2D eigenvalue weighted by atomic mass is 10.1. The molecule has 0 unspecified atom stereocenters. The Balaban J connectivity index is 1.74. The molecule has 0 saturated heterocycles. The monoisotopic (exact) mass is 424 g/mol. The number of fused-ring (bicyclic) bond motifs is 1. The van der Waals surface area contributed by atoms with Gasteiger partial charge in [-0.3, -0.25) is 19.3 Å². The molecule has 0 atom stereocenters. The molecule has 0 aliphatic carbocycles. The van der Waals surface area contributed by atoms with Crippen LogP contribution >= 0.6 is 0 Å². The molecule has 1 N–H and O–H groups in total. The number of nitrogens with zero attached hydrogens (tertiary/aromatic N) is 1. The molecule has 31 heavy (non-hydrogen) atoms. The number of aromatic amines is 1. The first-order valence-electron chi connectivity index (χ1n) is 9.30. The first kappa shape index (κ1) is 21.7. The van der Waals surface area contributed by atoms with Crippen molar-refractivity contribution in [3.8, 4) is 0 Å². The molecular weight excluding hydrogens is 404 g/mol. The van der Waals surface area contributed by atoms with Crippen LogP contribution in [0.2, 0.25) is 0 Å². The third kappa shape index (κ3) is 3.77. The standard InChI is InChI=1S/C22H20N2O7/c1-5-8-24-19(26)14-7-6-13(9-15(14)20(24)27)21(28)31-10-16(25)18-11(2)17(12(3)23-18)22(29)30-4/h5-7,9,23H,1,8,10H2,2-4H3. The van der Waals surface area contributed by atoms with Gasteiger partial charge in [0, 0.05) is 12.2 Å². The van der Waals surface area contributed by atoms with Crippen molar-refractivity contribution in [2.24, 2.45) is 0 Å². The van der Waals surface area contributed by atoms with Crippen LogP contribution in [0.4, 0.5) is 0 Å². The molecule has 0 saturated carbocycles. The predicted molar refractivity (Wildman–Crippen MR) is 108 cm³/mol. The van der Waals surface area contributed by atoms with Gasteiger partial charge in [0.15, 0.2) is 6.61 Å². The van der Waals surface area contributed by atoms with Crippen molar-refractivity contribution in [2.75, 3.05) is 20.3 Å². The van der Waals surface area contributed by atoms with Crippen molar-refractivity contribution in [3.05, 3.63) is 70.1 Å². The Labute approximate surface area is 177 Å². The molecule has 2 aromatic rings. The molecular formula is C22H20N2O7. The number of aryl methyl sites for hydroxylation is 1. The summed E-state index contributed by atoms with van der Waals surface area (Å²) in [6, 6.07) is 4.00. The summed E-state index contributed by atoms with van der Waals surface area (Å²) in [5.74, 6) is -2.93. The summed E-state index contributed by atoms with van der Waals surface area (Å²) in [6.07, 6.45) is 1.43. The number of amides is 2. The highest BCUT2D eigenvalue weighted by Gasteiger charge is 2.35. The zero-order valence-corrected chi connectivity index (χ0v) is 17.2. The Hall–Kier alpha value is -4.01. The van der Waals surface area contributed by atoms with Crippen LogP contribution in [0.3, 0.4) is 0 Å². The van der Waals surface area contributed by atoms with Crippen LogP contribution in [0, 0.1) is 13.8 Å². The van der Waals surface area contributed by atoms with Gasteiger partial charge in [-0.15, -0.1) is 6.58 Å². The molecule has 2 amide bonds. The van der Waals surface area contributed by atoms with Crippen LogP contribution in [0.5, 0.6) is 0 Å². The predicted octanol–water partition coefficient (Wildman–Crippen LogP) is 2.24. The van der Waals surface area contributed by atoms with E-state index in [1.807, 2.05) is 0 Å². The SMILES string of the molecule is C=CCN1C(=O)c2ccc(C(=O)OCC(=O)c3[nH]c(C)c(C(=O)OC)c3C)cc2C1=O. The van der Waals surface area contributed by atoms with E-state index in [1.54, 1.807) is 13.8 Å². The van der Waals surface area contributed by atoms with E-state index in [9.17, 15) is 24.0 Å². The number of esters is 2. The van der Waals surface area contributed by atoms with Crippen molar-refractivity contribution in [2.45, 2.75) is 13.8 Å². The minimum atomic E-state index is -0.826. The number of aromatic nitrogens is 1. The average Bonchev–Trinajstić information content (AvgIpc) is 3.19. The third-order valence-corrected chi connectivity index (χ3v) is 4.96. The lowest BCUT2D eigenvalue weighted by Crippen LogP contribution is -2.29. The molecule has 9 heteroatoms. The van der Waals surface area contributed by atoms with Crippen molar-refractivity contribution >= 4 is 29.5 Å². The van der Waals surface area contributed by atoms with Gasteiger partial charge in [-0.2, -0.15) is 0 Å². The Morgan fingerprint density at radius 1 is 1.10 bits per heavy atom. The number of hydrogen-bond acceptors (Lipinski definition) is 7. The van der Waals surface area contributed by atoms with E-state index < -0.39 is 36.1 Å². The maximum atomic E-state index is 12.5. The van der Waals surface area contributed by atoms with Crippen molar-refractivity contribution < 1.29 is 33.4 Å². The number of benzene rings is 1. The van der Waals surface area contributed by atoms with E-state index >= 15 is 0 Å². The molecule has 1 aromatic heterocycles. The Kier molecular flexibility index (Phi) is 5.87. The van der Waals surface area contributed by atoms with Gasteiger partial charge in [0.25, 0.3) is 11.8 Å². The second kappa shape index (κ2) is 8.39. The van der Waals surface area contributed by atoms with Crippen LogP contribution in [0.25, 0.3) is 0 Å². The van der Waals surface area contributed by atoms with Gasteiger partial charge in [0.05, 0.1) is 35.1 Å². The number of imide groups is 1. The van der Waals surface area contributed by atoms with Crippen molar-refractivity contribution in [1.82, 2.24) is 9.88 Å². The number of carbonyl (C=O) groups is 5. The maximum Gasteiger partial charge on any atom is 0.339 e. The van der Waals surface area contributed by atoms with Crippen LogP contribution < -0.4 is 0 Å². The highest BCUT2D eigenvalue weighted by Crippen LogP contribution is 2.24. The zero-order valence-electron chi connectivity index (χ0n) is 17.2. The number of ether oxygens (including phenoxy) is 2. The summed E-state index contributed by atoms with van der Waals surface area (Å²) in [6.45, 7) is 6.21. The Morgan fingerprint density at radius 3 is 2.42 bits per heavy atom. The minimum Gasteiger partial charge on any atom is -0.465 e. The smallest absolute Gasteiger partial charge is 0.339 e. The number of nitrogens with one attached hydrogen (secondary N) is 1. The molecule has 3 rings (SSSR count). The van der Waals surface area contributed by atoms with E-state index in [0.717, 1.165) is 4.90 Å². The van der Waals surface area contributed by atoms with Gasteiger partial charge in [0.1, 0.15) is 0 Å². The second-order valence-corrected chi connectivity index (χ2v) is 6.89. The van der Waals surface area contributed by atoms with Crippen molar-refractivity contribution in [3.63, 3.8) is 0 Å². The summed E-state index contributed by atoms with van der Waals surface area (Å²) >= 11 is 0. The highest BCUT2D eigenvalue weighted by atomic mass is 16.5. The summed E-state index contributed by atoms with van der Waals surface area (Å²) in [5.41, 5.74) is 1.56. The van der Waals surface area contributed by atoms with E-state index in [2.05, 4.69) is 11.6 Å². The van der Waals surface area contributed by atoms with Crippen LogP contribution in [0.1, 0.15) is 63.2 Å². The second-order valence-electron chi connectivity index (χ2n) is 6.89. The zero-order chi connectivity index (χ0) is 22.9. The van der Waals surface area contributed by atoms with Crippen LogP contribution in [-0.2, 0) is 9.47 Å². The molecule has 0 spiro atoms. The fourth-order valence-electron chi connectivity index (χ4n) is 3.44. The Morgan fingerprint density at radius 2 is 1.77 bits per heavy atom. The van der Waals surface area contributed by atoms with Gasteiger partial charge in [-0.1, -0.05) is 6.08 Å². The highest BCUT2D eigenvalue weighted by molar-refractivity contribution is 6.22. The summed E-state index contributed by atoms with van der Waals surface area (Å²) in [7, 11) is 1.24. The molecule has 0 radical (unpaired) electrons. The van der Waals surface area contributed by atoms with Gasteiger partial charge in [0.2, 0.25) is 5.78 Å². The average molecular weight is 424 g/mol. The topological polar surface area (TPSA) is 123 Å². The summed E-state index contributed by atoms with van der Waals surface area (Å²) in [4.78, 5) is 65.2. The molecule has 0 fully saturated rings.